The third-order valence-electron chi connectivity index (χ3n) is 2.60. The lowest BCUT2D eigenvalue weighted by atomic mass is 10.1. The van der Waals surface area contributed by atoms with E-state index in [1.807, 2.05) is 6.07 Å². The Morgan fingerprint density at radius 3 is 2.42 bits per heavy atom. The molecule has 1 N–H and O–H groups in total. The van der Waals surface area contributed by atoms with E-state index in [4.69, 9.17) is 0 Å². The first-order valence-corrected chi connectivity index (χ1v) is 5.82. The van der Waals surface area contributed by atoms with Crippen LogP contribution < -0.4 is 5.43 Å². The van der Waals surface area contributed by atoms with E-state index >= 15 is 0 Å². The number of halogens is 1. The third-order valence-corrected chi connectivity index (χ3v) is 2.60. The number of nitrogens with zero attached hydrogens (tertiary/aromatic N) is 1. The zero-order valence-electron chi connectivity index (χ0n) is 10.4. The molecule has 0 spiro atoms. The van der Waals surface area contributed by atoms with Gasteiger partial charge in [0.1, 0.15) is 5.82 Å². The molecule has 3 nitrogen and oxygen atoms in total. The quantitative estimate of drug-likeness (QED) is 0.665. The molecule has 0 aliphatic rings. The van der Waals surface area contributed by atoms with Crippen LogP contribution in [0.15, 0.2) is 59.7 Å². The summed E-state index contributed by atoms with van der Waals surface area (Å²) in [6.07, 6.45) is 0. The molecule has 0 aromatic heterocycles. The van der Waals surface area contributed by atoms with Crippen molar-refractivity contribution < 1.29 is 9.18 Å². The van der Waals surface area contributed by atoms with Gasteiger partial charge in [0.2, 0.25) is 0 Å². The van der Waals surface area contributed by atoms with Crippen LogP contribution in [0.4, 0.5) is 4.39 Å². The maximum atomic E-state index is 13.0. The fourth-order valence-electron chi connectivity index (χ4n) is 1.57. The fourth-order valence-corrected chi connectivity index (χ4v) is 1.57. The minimum absolute atomic E-state index is 0.295. The monoisotopic (exact) mass is 256 g/mol. The second kappa shape index (κ2) is 5.91. The Morgan fingerprint density at radius 1 is 1.05 bits per heavy atom. The molecule has 0 unspecified atom stereocenters. The average molecular weight is 256 g/mol. The Bertz CT molecular complexity index is 609. The molecule has 96 valence electrons. The van der Waals surface area contributed by atoms with Gasteiger partial charge in [-0.1, -0.05) is 30.3 Å². The second-order valence-corrected chi connectivity index (χ2v) is 4.01. The summed E-state index contributed by atoms with van der Waals surface area (Å²) in [5.74, 6) is -0.627. The number of amides is 1. The van der Waals surface area contributed by atoms with Crippen molar-refractivity contribution in [1.82, 2.24) is 5.43 Å². The number of carbonyl (C=O) groups excluding carboxylic acids is 1. The van der Waals surface area contributed by atoms with Gasteiger partial charge in [0, 0.05) is 11.1 Å². The van der Waals surface area contributed by atoms with Crippen molar-refractivity contribution in [3.05, 3.63) is 71.5 Å². The smallest absolute Gasteiger partial charge is 0.267 e. The number of hydrogen-bond donors (Lipinski definition) is 1. The van der Waals surface area contributed by atoms with Crippen LogP contribution in [0.1, 0.15) is 22.8 Å². The predicted octanol–water partition coefficient (Wildman–Crippen LogP) is 2.98. The van der Waals surface area contributed by atoms with Gasteiger partial charge in [0.05, 0.1) is 5.71 Å². The van der Waals surface area contributed by atoms with Gasteiger partial charge in [0.15, 0.2) is 0 Å². The van der Waals surface area contributed by atoms with E-state index in [2.05, 4.69) is 10.5 Å². The number of benzene rings is 2. The molecule has 0 aliphatic carbocycles. The van der Waals surface area contributed by atoms with Crippen LogP contribution in [0.2, 0.25) is 0 Å². The first kappa shape index (κ1) is 13.0. The van der Waals surface area contributed by atoms with Crippen molar-refractivity contribution in [1.29, 1.82) is 0 Å². The molecule has 0 saturated heterocycles. The summed E-state index contributed by atoms with van der Waals surface area (Å²) >= 11 is 0. The minimum atomic E-state index is -0.332. The molecule has 1 amide bonds. The van der Waals surface area contributed by atoms with Crippen LogP contribution in [-0.2, 0) is 0 Å². The Labute approximate surface area is 110 Å². The van der Waals surface area contributed by atoms with E-state index in [0.29, 0.717) is 16.8 Å². The SMILES string of the molecule is C/C(=N\NC(=O)c1ccccc1)c1cccc(F)c1. The van der Waals surface area contributed by atoms with E-state index in [9.17, 15) is 9.18 Å². The van der Waals surface area contributed by atoms with Gasteiger partial charge >= 0.3 is 0 Å². The topological polar surface area (TPSA) is 41.5 Å². The van der Waals surface area contributed by atoms with Gasteiger partial charge < -0.3 is 0 Å². The lowest BCUT2D eigenvalue weighted by molar-refractivity contribution is 0.0955. The lowest BCUT2D eigenvalue weighted by Gasteiger charge is -2.03. The zero-order valence-corrected chi connectivity index (χ0v) is 10.4. The van der Waals surface area contributed by atoms with Gasteiger partial charge in [-0.2, -0.15) is 5.10 Å². The normalized spacial score (nSPS) is 11.2. The minimum Gasteiger partial charge on any atom is -0.267 e. The first-order valence-electron chi connectivity index (χ1n) is 5.82. The highest BCUT2D eigenvalue weighted by molar-refractivity contribution is 6.00. The summed E-state index contributed by atoms with van der Waals surface area (Å²) in [6, 6.07) is 14.8. The number of carbonyl (C=O) groups is 1. The predicted molar refractivity (Wildman–Crippen MR) is 72.5 cm³/mol. The van der Waals surface area contributed by atoms with Crippen molar-refractivity contribution >= 4 is 11.6 Å². The molecule has 0 atom stereocenters. The molecule has 19 heavy (non-hydrogen) atoms. The molecule has 2 aromatic carbocycles. The molecule has 0 saturated carbocycles. The molecule has 0 fully saturated rings. The van der Waals surface area contributed by atoms with Gasteiger partial charge in [-0.15, -0.1) is 0 Å². The Hall–Kier alpha value is -2.49. The summed E-state index contributed by atoms with van der Waals surface area (Å²) in [5.41, 5.74) is 4.15. The van der Waals surface area contributed by atoms with E-state index in [-0.39, 0.29) is 11.7 Å². The average Bonchev–Trinajstić information content (AvgIpc) is 2.45. The molecule has 0 bridgehead atoms. The van der Waals surface area contributed by atoms with Crippen molar-refractivity contribution in [3.63, 3.8) is 0 Å². The Kier molecular flexibility index (Phi) is 4.03. The fraction of sp³-hybridized carbons (Fsp3) is 0.0667. The van der Waals surface area contributed by atoms with Crippen LogP contribution in [0.25, 0.3) is 0 Å². The van der Waals surface area contributed by atoms with Crippen molar-refractivity contribution in [2.24, 2.45) is 5.10 Å². The van der Waals surface area contributed by atoms with Crippen LogP contribution in [0.3, 0.4) is 0 Å². The van der Waals surface area contributed by atoms with Crippen molar-refractivity contribution in [2.75, 3.05) is 0 Å². The highest BCUT2D eigenvalue weighted by Crippen LogP contribution is 2.05. The molecular weight excluding hydrogens is 243 g/mol. The highest BCUT2D eigenvalue weighted by atomic mass is 19.1. The number of hydrazone groups is 1. The molecule has 0 heterocycles. The molecule has 2 rings (SSSR count). The molecular formula is C15H13FN2O. The van der Waals surface area contributed by atoms with E-state index in [0.717, 1.165) is 0 Å². The largest absolute Gasteiger partial charge is 0.271 e. The zero-order chi connectivity index (χ0) is 13.7. The molecule has 0 radical (unpaired) electrons. The molecule has 2 aromatic rings. The number of rotatable bonds is 3. The maximum Gasteiger partial charge on any atom is 0.271 e. The number of hydrogen-bond acceptors (Lipinski definition) is 2. The van der Waals surface area contributed by atoms with Gasteiger partial charge in [-0.05, 0) is 31.2 Å². The Balaban J connectivity index is 2.09. The third kappa shape index (κ3) is 3.48. The van der Waals surface area contributed by atoms with Crippen LogP contribution in [0, 0.1) is 5.82 Å². The molecule has 4 heteroatoms. The van der Waals surface area contributed by atoms with Crippen molar-refractivity contribution in [3.8, 4) is 0 Å². The van der Waals surface area contributed by atoms with Gasteiger partial charge in [0.25, 0.3) is 5.91 Å². The number of nitrogens with one attached hydrogen (secondary N) is 1. The molecule has 0 aliphatic heterocycles. The summed E-state index contributed by atoms with van der Waals surface area (Å²) in [6.45, 7) is 1.71. The second-order valence-electron chi connectivity index (χ2n) is 4.01. The first-order chi connectivity index (χ1) is 9.16. The standard InChI is InChI=1S/C15H13FN2O/c1-11(13-8-5-9-14(16)10-13)17-18-15(19)12-6-3-2-4-7-12/h2-10H,1H3,(H,18,19)/b17-11+. The lowest BCUT2D eigenvalue weighted by Crippen LogP contribution is -2.19. The van der Waals surface area contributed by atoms with E-state index in [1.54, 1.807) is 43.3 Å². The maximum absolute atomic E-state index is 13.0. The summed E-state index contributed by atoms with van der Waals surface area (Å²) in [4.78, 5) is 11.8. The Morgan fingerprint density at radius 2 is 1.74 bits per heavy atom. The summed E-state index contributed by atoms with van der Waals surface area (Å²) < 4.78 is 13.0. The van der Waals surface area contributed by atoms with Crippen LogP contribution in [-0.4, -0.2) is 11.6 Å². The summed E-state index contributed by atoms with van der Waals surface area (Å²) in [5, 5.41) is 3.96. The van der Waals surface area contributed by atoms with Gasteiger partial charge in [-0.25, -0.2) is 9.82 Å². The summed E-state index contributed by atoms with van der Waals surface area (Å²) in [7, 11) is 0. The van der Waals surface area contributed by atoms with E-state index < -0.39 is 0 Å². The highest BCUT2D eigenvalue weighted by Gasteiger charge is 2.04. The van der Waals surface area contributed by atoms with E-state index in [1.165, 1.54) is 12.1 Å². The van der Waals surface area contributed by atoms with Crippen molar-refractivity contribution in [2.45, 2.75) is 6.92 Å². The van der Waals surface area contributed by atoms with Crippen LogP contribution in [0.5, 0.6) is 0 Å². The van der Waals surface area contributed by atoms with Crippen LogP contribution >= 0.6 is 0 Å². The van der Waals surface area contributed by atoms with Gasteiger partial charge in [-0.3, -0.25) is 4.79 Å².